The van der Waals surface area contributed by atoms with Crippen LogP contribution in [0.25, 0.3) is 0 Å². The summed E-state index contributed by atoms with van der Waals surface area (Å²) in [6.45, 7) is 5.43. The number of benzene rings is 1. The first-order chi connectivity index (χ1) is 9.47. The van der Waals surface area contributed by atoms with E-state index in [2.05, 4.69) is 15.0 Å². The standard InChI is InChI=1S/C13H16F2N4S/c1-6(2)11-13(20-19-18-11)12(17-16)8-5-4-7(3)9(14)10(8)15/h4-6,12,17H,16H2,1-3H3. The van der Waals surface area contributed by atoms with Crippen LogP contribution in [0.2, 0.25) is 0 Å². The smallest absolute Gasteiger partial charge is 0.164 e. The highest BCUT2D eigenvalue weighted by Crippen LogP contribution is 2.32. The van der Waals surface area contributed by atoms with Crippen LogP contribution in [0.4, 0.5) is 8.78 Å². The lowest BCUT2D eigenvalue weighted by Gasteiger charge is -2.18. The predicted octanol–water partition coefficient (Wildman–Crippen LogP) is 2.80. The van der Waals surface area contributed by atoms with Gasteiger partial charge in [0.25, 0.3) is 0 Å². The van der Waals surface area contributed by atoms with Crippen LogP contribution in [-0.4, -0.2) is 9.59 Å². The molecule has 0 aliphatic heterocycles. The Labute approximate surface area is 120 Å². The van der Waals surface area contributed by atoms with E-state index in [1.807, 2.05) is 13.8 Å². The molecule has 108 valence electrons. The number of nitrogens with one attached hydrogen (secondary N) is 1. The van der Waals surface area contributed by atoms with Gasteiger partial charge in [-0.3, -0.25) is 5.84 Å². The molecule has 4 nitrogen and oxygen atoms in total. The number of nitrogens with two attached hydrogens (primary N) is 1. The molecule has 1 unspecified atom stereocenters. The summed E-state index contributed by atoms with van der Waals surface area (Å²) in [6, 6.07) is 2.39. The molecule has 1 heterocycles. The number of hydrazine groups is 1. The van der Waals surface area contributed by atoms with Crippen LogP contribution in [0.3, 0.4) is 0 Å². The maximum absolute atomic E-state index is 14.1. The lowest BCUT2D eigenvalue weighted by Crippen LogP contribution is -2.30. The van der Waals surface area contributed by atoms with Crippen LogP contribution < -0.4 is 11.3 Å². The van der Waals surface area contributed by atoms with E-state index in [4.69, 9.17) is 5.84 Å². The SMILES string of the molecule is Cc1ccc(C(NN)c2snnc2C(C)C)c(F)c1F. The normalized spacial score (nSPS) is 12.9. The molecule has 0 saturated carbocycles. The molecular weight excluding hydrogens is 282 g/mol. The van der Waals surface area contributed by atoms with Crippen LogP contribution in [0.5, 0.6) is 0 Å². The fraction of sp³-hybridized carbons (Fsp3) is 0.385. The molecule has 0 aliphatic rings. The molecule has 0 radical (unpaired) electrons. The third-order valence-electron chi connectivity index (χ3n) is 3.13. The van der Waals surface area contributed by atoms with Crippen LogP contribution in [0.1, 0.15) is 47.5 Å². The molecule has 2 aromatic rings. The minimum atomic E-state index is -0.893. The summed E-state index contributed by atoms with van der Waals surface area (Å²) in [4.78, 5) is 0.699. The van der Waals surface area contributed by atoms with Gasteiger partial charge >= 0.3 is 0 Å². The van der Waals surface area contributed by atoms with Crippen LogP contribution in [-0.2, 0) is 0 Å². The summed E-state index contributed by atoms with van der Waals surface area (Å²) in [5.41, 5.74) is 3.68. The van der Waals surface area contributed by atoms with Gasteiger partial charge in [-0.05, 0) is 29.9 Å². The highest BCUT2D eigenvalue weighted by Gasteiger charge is 2.26. The number of aryl methyl sites for hydroxylation is 1. The van der Waals surface area contributed by atoms with E-state index < -0.39 is 17.7 Å². The van der Waals surface area contributed by atoms with Gasteiger partial charge in [0, 0.05) is 5.56 Å². The van der Waals surface area contributed by atoms with E-state index in [0.29, 0.717) is 4.88 Å². The Balaban J connectivity index is 2.53. The number of hydrogen-bond acceptors (Lipinski definition) is 5. The number of aromatic nitrogens is 2. The second-order valence-electron chi connectivity index (χ2n) is 4.88. The molecule has 7 heteroatoms. The monoisotopic (exact) mass is 298 g/mol. The van der Waals surface area contributed by atoms with E-state index in [0.717, 1.165) is 17.2 Å². The molecule has 1 atom stereocenters. The molecule has 1 aromatic heterocycles. The van der Waals surface area contributed by atoms with E-state index in [9.17, 15) is 8.78 Å². The van der Waals surface area contributed by atoms with Crippen molar-refractivity contribution in [3.05, 3.63) is 45.5 Å². The molecule has 0 aliphatic carbocycles. The minimum absolute atomic E-state index is 0.123. The fourth-order valence-corrected chi connectivity index (χ4v) is 2.88. The second kappa shape index (κ2) is 5.90. The lowest BCUT2D eigenvalue weighted by atomic mass is 9.99. The van der Waals surface area contributed by atoms with Crippen molar-refractivity contribution in [2.45, 2.75) is 32.7 Å². The Morgan fingerprint density at radius 2 is 1.95 bits per heavy atom. The molecule has 2 rings (SSSR count). The summed E-state index contributed by atoms with van der Waals surface area (Å²) in [7, 11) is 0. The Bertz CT molecular complexity index is 612. The van der Waals surface area contributed by atoms with Crippen molar-refractivity contribution in [2.24, 2.45) is 5.84 Å². The zero-order valence-corrected chi connectivity index (χ0v) is 12.3. The average molecular weight is 298 g/mol. The Morgan fingerprint density at radius 3 is 2.55 bits per heavy atom. The van der Waals surface area contributed by atoms with Crippen molar-refractivity contribution in [3.63, 3.8) is 0 Å². The fourth-order valence-electron chi connectivity index (χ4n) is 2.00. The molecule has 20 heavy (non-hydrogen) atoms. The van der Waals surface area contributed by atoms with Crippen molar-refractivity contribution >= 4 is 11.5 Å². The summed E-state index contributed by atoms with van der Waals surface area (Å²) in [5, 5.41) is 4.04. The van der Waals surface area contributed by atoms with Crippen LogP contribution in [0.15, 0.2) is 12.1 Å². The van der Waals surface area contributed by atoms with Gasteiger partial charge in [0.15, 0.2) is 11.6 Å². The van der Waals surface area contributed by atoms with Crippen molar-refractivity contribution < 1.29 is 8.78 Å². The van der Waals surface area contributed by atoms with Crippen LogP contribution >= 0.6 is 11.5 Å². The molecule has 0 saturated heterocycles. The third kappa shape index (κ3) is 2.56. The predicted molar refractivity (Wildman–Crippen MR) is 74.3 cm³/mol. The van der Waals surface area contributed by atoms with Crippen molar-refractivity contribution in [1.82, 2.24) is 15.0 Å². The summed E-state index contributed by atoms with van der Waals surface area (Å²) in [5.74, 6) is 3.91. The second-order valence-corrected chi connectivity index (χ2v) is 5.66. The molecular formula is C13H16F2N4S. The van der Waals surface area contributed by atoms with E-state index >= 15 is 0 Å². The summed E-state index contributed by atoms with van der Waals surface area (Å²) in [6.07, 6.45) is 0. The highest BCUT2D eigenvalue weighted by molar-refractivity contribution is 7.05. The molecule has 0 amide bonds. The van der Waals surface area contributed by atoms with Gasteiger partial charge in [0.2, 0.25) is 0 Å². The molecule has 0 spiro atoms. The Kier molecular flexibility index (Phi) is 4.42. The Hall–Kier alpha value is -1.44. The zero-order valence-electron chi connectivity index (χ0n) is 11.4. The first kappa shape index (κ1) is 15.0. The molecule has 3 N–H and O–H groups in total. The number of hydrogen-bond donors (Lipinski definition) is 2. The van der Waals surface area contributed by atoms with Gasteiger partial charge in [0.1, 0.15) is 0 Å². The zero-order chi connectivity index (χ0) is 14.9. The lowest BCUT2D eigenvalue weighted by molar-refractivity contribution is 0.479. The van der Waals surface area contributed by atoms with Gasteiger partial charge < -0.3 is 0 Å². The summed E-state index contributed by atoms with van der Waals surface area (Å²) >= 11 is 1.13. The summed E-state index contributed by atoms with van der Waals surface area (Å²) < 4.78 is 31.7. The largest absolute Gasteiger partial charge is 0.271 e. The van der Waals surface area contributed by atoms with Gasteiger partial charge in [-0.2, -0.15) is 0 Å². The molecule has 0 fully saturated rings. The van der Waals surface area contributed by atoms with Crippen molar-refractivity contribution in [2.75, 3.05) is 0 Å². The quantitative estimate of drug-likeness (QED) is 0.673. The molecule has 0 bridgehead atoms. The van der Waals surface area contributed by atoms with E-state index in [-0.39, 0.29) is 17.0 Å². The van der Waals surface area contributed by atoms with Gasteiger partial charge in [0.05, 0.1) is 16.6 Å². The van der Waals surface area contributed by atoms with Gasteiger partial charge in [-0.1, -0.05) is 30.5 Å². The van der Waals surface area contributed by atoms with Gasteiger partial charge in [-0.25, -0.2) is 14.2 Å². The first-order valence-corrected chi connectivity index (χ1v) is 6.97. The number of rotatable bonds is 4. The maximum Gasteiger partial charge on any atom is 0.164 e. The van der Waals surface area contributed by atoms with E-state index in [1.54, 1.807) is 0 Å². The third-order valence-corrected chi connectivity index (χ3v) is 3.94. The van der Waals surface area contributed by atoms with Crippen LogP contribution in [0, 0.1) is 18.6 Å². The maximum atomic E-state index is 14.1. The number of nitrogens with zero attached hydrogens (tertiary/aromatic N) is 2. The van der Waals surface area contributed by atoms with Gasteiger partial charge in [-0.15, -0.1) is 5.10 Å². The highest BCUT2D eigenvalue weighted by atomic mass is 32.1. The number of halogens is 2. The minimum Gasteiger partial charge on any atom is -0.271 e. The first-order valence-electron chi connectivity index (χ1n) is 6.20. The topological polar surface area (TPSA) is 63.8 Å². The average Bonchev–Trinajstić information content (AvgIpc) is 2.89. The van der Waals surface area contributed by atoms with Crippen molar-refractivity contribution in [1.29, 1.82) is 0 Å². The van der Waals surface area contributed by atoms with Crippen molar-refractivity contribution in [3.8, 4) is 0 Å². The Morgan fingerprint density at radius 1 is 1.25 bits per heavy atom. The molecule has 1 aromatic carbocycles. The van der Waals surface area contributed by atoms with E-state index in [1.165, 1.54) is 19.1 Å².